The average molecular weight is 253 g/mol. The number of rotatable bonds is 5. The highest BCUT2D eigenvalue weighted by Crippen LogP contribution is 2.26. The van der Waals surface area contributed by atoms with Crippen LogP contribution in [-0.2, 0) is 10.4 Å². The lowest BCUT2D eigenvalue weighted by atomic mass is 9.96. The SMILES string of the molecule is CCC(C)C(=O)NCC(C)(O)c1cc(C)oc1C. The fourth-order valence-corrected chi connectivity index (χ4v) is 1.88. The van der Waals surface area contributed by atoms with Crippen molar-refractivity contribution in [3.63, 3.8) is 0 Å². The van der Waals surface area contributed by atoms with Gasteiger partial charge >= 0.3 is 0 Å². The van der Waals surface area contributed by atoms with E-state index in [1.807, 2.05) is 33.8 Å². The molecule has 0 bridgehead atoms. The van der Waals surface area contributed by atoms with Crippen LogP contribution in [-0.4, -0.2) is 17.6 Å². The lowest BCUT2D eigenvalue weighted by molar-refractivity contribution is -0.125. The number of aryl methyl sites for hydroxylation is 2. The predicted molar refractivity (Wildman–Crippen MR) is 70.2 cm³/mol. The van der Waals surface area contributed by atoms with E-state index in [4.69, 9.17) is 4.42 Å². The van der Waals surface area contributed by atoms with Crippen LogP contribution in [0.15, 0.2) is 10.5 Å². The molecule has 1 rings (SSSR count). The molecule has 102 valence electrons. The molecule has 0 aliphatic rings. The number of carbonyl (C=O) groups excluding carboxylic acids is 1. The van der Waals surface area contributed by atoms with E-state index in [-0.39, 0.29) is 18.4 Å². The number of furan rings is 1. The van der Waals surface area contributed by atoms with Crippen molar-refractivity contribution in [3.05, 3.63) is 23.2 Å². The summed E-state index contributed by atoms with van der Waals surface area (Å²) in [5.41, 5.74) is -0.380. The van der Waals surface area contributed by atoms with E-state index < -0.39 is 5.60 Å². The molecule has 1 heterocycles. The third-order valence-corrected chi connectivity index (χ3v) is 3.29. The van der Waals surface area contributed by atoms with Gasteiger partial charge < -0.3 is 14.8 Å². The molecule has 1 amide bonds. The zero-order valence-electron chi connectivity index (χ0n) is 11.8. The predicted octanol–water partition coefficient (Wildman–Crippen LogP) is 2.27. The summed E-state index contributed by atoms with van der Waals surface area (Å²) in [5.74, 6) is 1.38. The van der Waals surface area contributed by atoms with Gasteiger partial charge in [0.05, 0.1) is 6.54 Å². The molecule has 4 heteroatoms. The number of amides is 1. The molecule has 0 fully saturated rings. The number of carbonyl (C=O) groups is 1. The molecule has 0 aliphatic heterocycles. The van der Waals surface area contributed by atoms with Gasteiger partial charge in [0.2, 0.25) is 5.91 Å². The van der Waals surface area contributed by atoms with Gasteiger partial charge in [0.25, 0.3) is 0 Å². The molecule has 0 radical (unpaired) electrons. The Morgan fingerprint density at radius 2 is 2.17 bits per heavy atom. The summed E-state index contributed by atoms with van der Waals surface area (Å²) in [4.78, 5) is 11.7. The van der Waals surface area contributed by atoms with E-state index in [9.17, 15) is 9.90 Å². The first-order valence-electron chi connectivity index (χ1n) is 6.35. The van der Waals surface area contributed by atoms with E-state index in [1.165, 1.54) is 0 Å². The third kappa shape index (κ3) is 3.35. The van der Waals surface area contributed by atoms with Gasteiger partial charge in [-0.15, -0.1) is 0 Å². The van der Waals surface area contributed by atoms with Gasteiger partial charge in [-0.2, -0.15) is 0 Å². The van der Waals surface area contributed by atoms with Crippen molar-refractivity contribution in [1.29, 1.82) is 0 Å². The Hall–Kier alpha value is -1.29. The van der Waals surface area contributed by atoms with Gasteiger partial charge in [-0.25, -0.2) is 0 Å². The van der Waals surface area contributed by atoms with Gasteiger partial charge in [0, 0.05) is 11.5 Å². The van der Waals surface area contributed by atoms with Crippen LogP contribution < -0.4 is 5.32 Å². The minimum Gasteiger partial charge on any atom is -0.466 e. The van der Waals surface area contributed by atoms with Crippen LogP contribution >= 0.6 is 0 Å². The van der Waals surface area contributed by atoms with Crippen molar-refractivity contribution in [3.8, 4) is 0 Å². The molecule has 1 aromatic rings. The highest BCUT2D eigenvalue weighted by Gasteiger charge is 2.28. The molecule has 0 saturated carbocycles. The van der Waals surface area contributed by atoms with Crippen molar-refractivity contribution in [2.75, 3.05) is 6.54 Å². The van der Waals surface area contributed by atoms with Crippen LogP contribution in [0.2, 0.25) is 0 Å². The Labute approximate surface area is 108 Å². The maximum absolute atomic E-state index is 11.7. The Balaban J connectivity index is 2.71. The van der Waals surface area contributed by atoms with Crippen LogP contribution in [0, 0.1) is 19.8 Å². The summed E-state index contributed by atoms with van der Waals surface area (Å²) in [5, 5.41) is 13.2. The Bertz CT molecular complexity index is 421. The molecule has 2 atom stereocenters. The van der Waals surface area contributed by atoms with Crippen LogP contribution in [0.4, 0.5) is 0 Å². The molecule has 0 saturated heterocycles. The lowest BCUT2D eigenvalue weighted by Gasteiger charge is -2.24. The van der Waals surface area contributed by atoms with Gasteiger partial charge in [0.1, 0.15) is 17.1 Å². The molecule has 2 unspecified atom stereocenters. The Morgan fingerprint density at radius 1 is 1.56 bits per heavy atom. The number of nitrogens with one attached hydrogen (secondary N) is 1. The normalized spacial score (nSPS) is 16.1. The zero-order chi connectivity index (χ0) is 13.9. The highest BCUT2D eigenvalue weighted by molar-refractivity contribution is 5.78. The average Bonchev–Trinajstić information content (AvgIpc) is 2.65. The van der Waals surface area contributed by atoms with E-state index >= 15 is 0 Å². The zero-order valence-corrected chi connectivity index (χ0v) is 11.8. The standard InChI is InChI=1S/C14H23NO3/c1-6-9(2)13(16)15-8-14(5,17)12-7-10(3)18-11(12)4/h7,9,17H,6,8H2,1-5H3,(H,15,16). The molecule has 0 spiro atoms. The summed E-state index contributed by atoms with van der Waals surface area (Å²) >= 11 is 0. The molecular formula is C14H23NO3. The first-order chi connectivity index (χ1) is 8.27. The van der Waals surface area contributed by atoms with Gasteiger partial charge in [-0.1, -0.05) is 13.8 Å². The van der Waals surface area contributed by atoms with Gasteiger partial charge in [-0.3, -0.25) is 4.79 Å². The summed E-state index contributed by atoms with van der Waals surface area (Å²) in [6, 6.07) is 1.81. The molecule has 0 aliphatic carbocycles. The van der Waals surface area contributed by atoms with Crippen molar-refractivity contribution in [2.45, 2.75) is 46.6 Å². The Kier molecular flexibility index (Phi) is 4.57. The number of aliphatic hydroxyl groups is 1. The van der Waals surface area contributed by atoms with Crippen LogP contribution in [0.3, 0.4) is 0 Å². The molecule has 1 aromatic heterocycles. The van der Waals surface area contributed by atoms with E-state index in [0.717, 1.165) is 17.7 Å². The summed E-state index contributed by atoms with van der Waals surface area (Å²) in [6.07, 6.45) is 0.790. The fraction of sp³-hybridized carbons (Fsp3) is 0.643. The van der Waals surface area contributed by atoms with Crippen molar-refractivity contribution < 1.29 is 14.3 Å². The van der Waals surface area contributed by atoms with Crippen LogP contribution in [0.5, 0.6) is 0 Å². The maximum atomic E-state index is 11.7. The molecular weight excluding hydrogens is 230 g/mol. The summed E-state index contributed by atoms with van der Waals surface area (Å²) in [7, 11) is 0. The fourth-order valence-electron chi connectivity index (χ4n) is 1.88. The second-order valence-electron chi connectivity index (χ2n) is 5.13. The van der Waals surface area contributed by atoms with Gasteiger partial charge in [0.15, 0.2) is 0 Å². The van der Waals surface area contributed by atoms with Crippen LogP contribution in [0.25, 0.3) is 0 Å². The Morgan fingerprint density at radius 3 is 2.61 bits per heavy atom. The second-order valence-corrected chi connectivity index (χ2v) is 5.13. The minimum atomic E-state index is -1.11. The molecule has 4 nitrogen and oxygen atoms in total. The van der Waals surface area contributed by atoms with Crippen LogP contribution in [0.1, 0.15) is 44.3 Å². The van der Waals surface area contributed by atoms with E-state index in [2.05, 4.69) is 5.32 Å². The molecule has 2 N–H and O–H groups in total. The number of hydrogen-bond acceptors (Lipinski definition) is 3. The topological polar surface area (TPSA) is 62.5 Å². The summed E-state index contributed by atoms with van der Waals surface area (Å²) < 4.78 is 5.40. The smallest absolute Gasteiger partial charge is 0.222 e. The van der Waals surface area contributed by atoms with Crippen molar-refractivity contribution in [1.82, 2.24) is 5.32 Å². The van der Waals surface area contributed by atoms with E-state index in [0.29, 0.717) is 5.76 Å². The van der Waals surface area contributed by atoms with Crippen molar-refractivity contribution in [2.24, 2.45) is 5.92 Å². The second kappa shape index (κ2) is 5.57. The quantitative estimate of drug-likeness (QED) is 0.846. The number of hydrogen-bond donors (Lipinski definition) is 2. The molecule has 18 heavy (non-hydrogen) atoms. The van der Waals surface area contributed by atoms with E-state index in [1.54, 1.807) is 6.92 Å². The first kappa shape index (κ1) is 14.8. The van der Waals surface area contributed by atoms with Gasteiger partial charge in [-0.05, 0) is 33.3 Å². The third-order valence-electron chi connectivity index (χ3n) is 3.29. The highest BCUT2D eigenvalue weighted by atomic mass is 16.3. The monoisotopic (exact) mass is 253 g/mol. The summed E-state index contributed by atoms with van der Waals surface area (Å²) in [6.45, 7) is 9.36. The lowest BCUT2D eigenvalue weighted by Crippen LogP contribution is -2.40. The maximum Gasteiger partial charge on any atom is 0.222 e. The molecule has 0 aromatic carbocycles. The first-order valence-corrected chi connectivity index (χ1v) is 6.35. The minimum absolute atomic E-state index is 0.0318. The largest absolute Gasteiger partial charge is 0.466 e. The van der Waals surface area contributed by atoms with Crippen molar-refractivity contribution >= 4 is 5.91 Å².